The minimum atomic E-state index is 0.732. The fraction of sp³-hybridized carbons (Fsp3) is 0.800. The molecule has 1 aromatic rings. The Morgan fingerprint density at radius 2 is 2.43 bits per heavy atom. The van der Waals surface area contributed by atoms with Gasteiger partial charge in [-0.2, -0.15) is 0 Å². The predicted octanol–water partition coefficient (Wildman–Crippen LogP) is 1.27. The molecular formula is C10H17N3O. The van der Waals surface area contributed by atoms with E-state index >= 15 is 0 Å². The normalized spacial score (nSPS) is 16.9. The molecule has 1 aliphatic carbocycles. The standard InChI is InChI=1S/C10H17N3O/c1-14-6-5-13-8-11-12-10(13)7-9-3-2-4-9/h8-9H,2-7H2,1H3. The first-order chi connectivity index (χ1) is 6.90. The van der Waals surface area contributed by atoms with Crippen LogP contribution in [0.25, 0.3) is 0 Å². The Balaban J connectivity index is 1.90. The summed E-state index contributed by atoms with van der Waals surface area (Å²) in [5, 5.41) is 8.09. The lowest BCUT2D eigenvalue weighted by Gasteiger charge is -2.24. The maximum atomic E-state index is 5.04. The van der Waals surface area contributed by atoms with Gasteiger partial charge in [-0.1, -0.05) is 19.3 Å². The summed E-state index contributed by atoms with van der Waals surface area (Å²) >= 11 is 0. The highest BCUT2D eigenvalue weighted by Crippen LogP contribution is 2.28. The van der Waals surface area contributed by atoms with E-state index in [1.165, 1.54) is 19.3 Å². The summed E-state index contributed by atoms with van der Waals surface area (Å²) in [4.78, 5) is 0. The van der Waals surface area contributed by atoms with Crippen LogP contribution in [-0.2, 0) is 17.7 Å². The molecule has 0 bridgehead atoms. The summed E-state index contributed by atoms with van der Waals surface area (Å²) < 4.78 is 7.14. The third kappa shape index (κ3) is 2.12. The van der Waals surface area contributed by atoms with Crippen LogP contribution in [-0.4, -0.2) is 28.5 Å². The van der Waals surface area contributed by atoms with Crippen molar-refractivity contribution in [2.24, 2.45) is 5.92 Å². The van der Waals surface area contributed by atoms with Crippen molar-refractivity contribution in [2.75, 3.05) is 13.7 Å². The van der Waals surface area contributed by atoms with Crippen molar-refractivity contribution < 1.29 is 4.74 Å². The molecule has 2 rings (SSSR count). The molecule has 0 amide bonds. The molecule has 0 aromatic carbocycles. The Bertz CT molecular complexity index is 281. The molecule has 0 saturated heterocycles. The summed E-state index contributed by atoms with van der Waals surface area (Å²) in [5.41, 5.74) is 0. The van der Waals surface area contributed by atoms with Gasteiger partial charge in [-0.05, 0) is 5.92 Å². The first-order valence-electron chi connectivity index (χ1n) is 5.26. The minimum absolute atomic E-state index is 0.732. The monoisotopic (exact) mass is 195 g/mol. The van der Waals surface area contributed by atoms with E-state index in [2.05, 4.69) is 14.8 Å². The number of ether oxygens (including phenoxy) is 1. The summed E-state index contributed by atoms with van der Waals surface area (Å²) in [5.74, 6) is 1.97. The zero-order valence-corrected chi connectivity index (χ0v) is 8.65. The van der Waals surface area contributed by atoms with Crippen molar-refractivity contribution in [1.29, 1.82) is 0 Å². The lowest BCUT2D eigenvalue weighted by Crippen LogP contribution is -2.17. The van der Waals surface area contributed by atoms with Gasteiger partial charge in [-0.15, -0.1) is 10.2 Å². The third-order valence-corrected chi connectivity index (χ3v) is 2.93. The maximum absolute atomic E-state index is 5.04. The van der Waals surface area contributed by atoms with Crippen LogP contribution in [0.1, 0.15) is 25.1 Å². The van der Waals surface area contributed by atoms with Crippen molar-refractivity contribution >= 4 is 0 Å². The van der Waals surface area contributed by atoms with Crippen molar-refractivity contribution in [3.05, 3.63) is 12.2 Å². The van der Waals surface area contributed by atoms with Crippen LogP contribution < -0.4 is 0 Å². The van der Waals surface area contributed by atoms with Crippen molar-refractivity contribution in [2.45, 2.75) is 32.2 Å². The summed E-state index contributed by atoms with van der Waals surface area (Å²) in [6, 6.07) is 0. The molecule has 1 saturated carbocycles. The number of nitrogens with zero attached hydrogens (tertiary/aromatic N) is 3. The smallest absolute Gasteiger partial charge is 0.133 e. The zero-order valence-electron chi connectivity index (χ0n) is 8.65. The largest absolute Gasteiger partial charge is 0.383 e. The lowest BCUT2D eigenvalue weighted by atomic mass is 9.83. The molecule has 0 unspecified atom stereocenters. The van der Waals surface area contributed by atoms with Gasteiger partial charge in [0.1, 0.15) is 12.2 Å². The fourth-order valence-electron chi connectivity index (χ4n) is 1.77. The van der Waals surface area contributed by atoms with Crippen LogP contribution in [0.4, 0.5) is 0 Å². The molecule has 0 radical (unpaired) electrons. The van der Waals surface area contributed by atoms with Gasteiger partial charge in [-0.3, -0.25) is 0 Å². The Morgan fingerprint density at radius 3 is 3.07 bits per heavy atom. The number of methoxy groups -OCH3 is 1. The highest BCUT2D eigenvalue weighted by Gasteiger charge is 2.20. The molecule has 0 atom stereocenters. The molecule has 1 aromatic heterocycles. The van der Waals surface area contributed by atoms with Gasteiger partial charge in [0.15, 0.2) is 0 Å². The second-order valence-electron chi connectivity index (χ2n) is 3.93. The van der Waals surface area contributed by atoms with Crippen LogP contribution in [0, 0.1) is 5.92 Å². The van der Waals surface area contributed by atoms with E-state index in [9.17, 15) is 0 Å². The summed E-state index contributed by atoms with van der Waals surface area (Å²) in [7, 11) is 1.72. The van der Waals surface area contributed by atoms with Gasteiger partial charge >= 0.3 is 0 Å². The van der Waals surface area contributed by atoms with Crippen molar-refractivity contribution in [1.82, 2.24) is 14.8 Å². The van der Waals surface area contributed by atoms with E-state index in [-0.39, 0.29) is 0 Å². The van der Waals surface area contributed by atoms with Gasteiger partial charge in [0, 0.05) is 20.1 Å². The molecule has 1 fully saturated rings. The van der Waals surface area contributed by atoms with Crippen LogP contribution in [0.2, 0.25) is 0 Å². The van der Waals surface area contributed by atoms with E-state index in [1.54, 1.807) is 13.4 Å². The number of aromatic nitrogens is 3. The van der Waals surface area contributed by atoms with Gasteiger partial charge in [0.25, 0.3) is 0 Å². The predicted molar refractivity (Wildman–Crippen MR) is 52.9 cm³/mol. The number of hydrogen-bond donors (Lipinski definition) is 0. The number of rotatable bonds is 5. The molecule has 0 N–H and O–H groups in total. The van der Waals surface area contributed by atoms with Crippen LogP contribution in [0.15, 0.2) is 6.33 Å². The van der Waals surface area contributed by atoms with E-state index in [1.807, 2.05) is 0 Å². The molecule has 0 spiro atoms. The number of hydrogen-bond acceptors (Lipinski definition) is 3. The Hall–Kier alpha value is -0.900. The van der Waals surface area contributed by atoms with Gasteiger partial charge in [0.2, 0.25) is 0 Å². The highest BCUT2D eigenvalue weighted by atomic mass is 16.5. The van der Waals surface area contributed by atoms with E-state index in [0.717, 1.165) is 31.3 Å². The van der Waals surface area contributed by atoms with E-state index in [4.69, 9.17) is 4.74 Å². The van der Waals surface area contributed by atoms with E-state index in [0.29, 0.717) is 0 Å². The molecule has 4 heteroatoms. The van der Waals surface area contributed by atoms with Gasteiger partial charge < -0.3 is 9.30 Å². The van der Waals surface area contributed by atoms with E-state index < -0.39 is 0 Å². The minimum Gasteiger partial charge on any atom is -0.383 e. The summed E-state index contributed by atoms with van der Waals surface area (Å²) in [6.07, 6.45) is 6.99. The Labute approximate surface area is 84.3 Å². The van der Waals surface area contributed by atoms with Crippen molar-refractivity contribution in [3.8, 4) is 0 Å². The summed E-state index contributed by atoms with van der Waals surface area (Å²) in [6.45, 7) is 1.60. The quantitative estimate of drug-likeness (QED) is 0.710. The zero-order chi connectivity index (χ0) is 9.80. The fourth-order valence-corrected chi connectivity index (χ4v) is 1.77. The Morgan fingerprint density at radius 1 is 1.57 bits per heavy atom. The molecule has 4 nitrogen and oxygen atoms in total. The highest BCUT2D eigenvalue weighted by molar-refractivity contribution is 4.90. The maximum Gasteiger partial charge on any atom is 0.133 e. The van der Waals surface area contributed by atoms with Gasteiger partial charge in [-0.25, -0.2) is 0 Å². The van der Waals surface area contributed by atoms with Crippen LogP contribution in [0.5, 0.6) is 0 Å². The topological polar surface area (TPSA) is 39.9 Å². The van der Waals surface area contributed by atoms with Crippen LogP contribution in [0.3, 0.4) is 0 Å². The molecular weight excluding hydrogens is 178 g/mol. The second kappa shape index (κ2) is 4.55. The average molecular weight is 195 g/mol. The molecule has 0 aliphatic heterocycles. The van der Waals surface area contributed by atoms with Crippen molar-refractivity contribution in [3.63, 3.8) is 0 Å². The SMILES string of the molecule is COCCn1cnnc1CC1CCC1. The van der Waals surface area contributed by atoms with Crippen LogP contribution >= 0.6 is 0 Å². The molecule has 14 heavy (non-hydrogen) atoms. The first kappa shape index (κ1) is 9.65. The Kier molecular flexibility index (Phi) is 3.14. The average Bonchev–Trinajstić information content (AvgIpc) is 2.55. The third-order valence-electron chi connectivity index (χ3n) is 2.93. The molecule has 78 valence electrons. The molecule has 1 heterocycles. The second-order valence-corrected chi connectivity index (χ2v) is 3.93. The van der Waals surface area contributed by atoms with Gasteiger partial charge in [0.05, 0.1) is 6.61 Å². The lowest BCUT2D eigenvalue weighted by molar-refractivity contribution is 0.185. The first-order valence-corrected chi connectivity index (χ1v) is 5.26. The molecule has 1 aliphatic rings.